The van der Waals surface area contributed by atoms with Crippen molar-refractivity contribution in [1.82, 2.24) is 4.98 Å². The SMILES string of the molecule is CCc1cc(C(=O)OC)ncc1Cl. The summed E-state index contributed by atoms with van der Waals surface area (Å²) in [6.07, 6.45) is 2.23. The summed E-state index contributed by atoms with van der Waals surface area (Å²) in [6.45, 7) is 1.96. The lowest BCUT2D eigenvalue weighted by Crippen LogP contribution is -2.04. The Bertz CT molecular complexity index is 325. The van der Waals surface area contributed by atoms with Crippen LogP contribution in [0, 0.1) is 0 Å². The van der Waals surface area contributed by atoms with Crippen molar-refractivity contribution in [3.63, 3.8) is 0 Å². The van der Waals surface area contributed by atoms with E-state index in [4.69, 9.17) is 11.6 Å². The van der Waals surface area contributed by atoms with Crippen LogP contribution in [-0.2, 0) is 11.2 Å². The zero-order valence-electron chi connectivity index (χ0n) is 7.50. The van der Waals surface area contributed by atoms with E-state index in [0.717, 1.165) is 12.0 Å². The molecular formula is C9H10ClNO2. The van der Waals surface area contributed by atoms with Gasteiger partial charge in [0.2, 0.25) is 0 Å². The molecule has 0 N–H and O–H groups in total. The standard InChI is InChI=1S/C9H10ClNO2/c1-3-6-4-8(9(12)13-2)11-5-7(6)10/h4-5H,3H2,1-2H3. The minimum atomic E-state index is -0.439. The fourth-order valence-corrected chi connectivity index (χ4v) is 1.20. The van der Waals surface area contributed by atoms with Crippen molar-refractivity contribution in [3.8, 4) is 0 Å². The number of halogens is 1. The number of nitrogens with zero attached hydrogens (tertiary/aromatic N) is 1. The van der Waals surface area contributed by atoms with Crippen molar-refractivity contribution in [2.24, 2.45) is 0 Å². The molecular weight excluding hydrogens is 190 g/mol. The average Bonchev–Trinajstić information content (AvgIpc) is 2.17. The van der Waals surface area contributed by atoms with Crippen molar-refractivity contribution in [2.45, 2.75) is 13.3 Å². The molecule has 1 aromatic heterocycles. The largest absolute Gasteiger partial charge is 0.464 e. The van der Waals surface area contributed by atoms with Crippen LogP contribution >= 0.6 is 11.6 Å². The van der Waals surface area contributed by atoms with E-state index < -0.39 is 5.97 Å². The van der Waals surface area contributed by atoms with Gasteiger partial charge in [-0.25, -0.2) is 9.78 Å². The van der Waals surface area contributed by atoms with Gasteiger partial charge in [0.15, 0.2) is 0 Å². The molecule has 0 unspecified atom stereocenters. The zero-order valence-corrected chi connectivity index (χ0v) is 8.26. The average molecular weight is 200 g/mol. The van der Waals surface area contributed by atoms with E-state index in [2.05, 4.69) is 9.72 Å². The van der Waals surface area contributed by atoms with Crippen LogP contribution in [0.4, 0.5) is 0 Å². The molecule has 0 radical (unpaired) electrons. The summed E-state index contributed by atoms with van der Waals surface area (Å²) in [4.78, 5) is 14.9. The van der Waals surface area contributed by atoms with Gasteiger partial charge in [0.05, 0.1) is 12.1 Å². The third-order valence-electron chi connectivity index (χ3n) is 1.71. The van der Waals surface area contributed by atoms with Gasteiger partial charge in [0.1, 0.15) is 5.69 Å². The lowest BCUT2D eigenvalue weighted by atomic mass is 10.2. The molecule has 0 aliphatic heterocycles. The molecule has 0 saturated heterocycles. The molecule has 0 bridgehead atoms. The van der Waals surface area contributed by atoms with E-state index >= 15 is 0 Å². The third-order valence-corrected chi connectivity index (χ3v) is 2.05. The molecule has 3 nitrogen and oxygen atoms in total. The predicted molar refractivity (Wildman–Crippen MR) is 50.0 cm³/mol. The van der Waals surface area contributed by atoms with Crippen LogP contribution in [0.25, 0.3) is 0 Å². The number of ether oxygens (including phenoxy) is 1. The van der Waals surface area contributed by atoms with Crippen molar-refractivity contribution in [1.29, 1.82) is 0 Å². The molecule has 70 valence electrons. The number of rotatable bonds is 2. The molecule has 1 heterocycles. The first-order chi connectivity index (χ1) is 6.19. The van der Waals surface area contributed by atoms with Crippen LogP contribution in [-0.4, -0.2) is 18.1 Å². The maximum Gasteiger partial charge on any atom is 0.356 e. The Hall–Kier alpha value is -1.09. The van der Waals surface area contributed by atoms with Gasteiger partial charge < -0.3 is 4.74 Å². The highest BCUT2D eigenvalue weighted by molar-refractivity contribution is 6.31. The molecule has 0 aliphatic carbocycles. The quantitative estimate of drug-likeness (QED) is 0.685. The molecule has 0 aromatic carbocycles. The Morgan fingerprint density at radius 2 is 2.38 bits per heavy atom. The monoisotopic (exact) mass is 199 g/mol. The number of carbonyl (C=O) groups excluding carboxylic acids is 1. The van der Waals surface area contributed by atoms with Gasteiger partial charge in [-0.3, -0.25) is 0 Å². The van der Waals surface area contributed by atoms with E-state index in [1.165, 1.54) is 13.3 Å². The van der Waals surface area contributed by atoms with Crippen molar-refractivity contribution in [2.75, 3.05) is 7.11 Å². The smallest absolute Gasteiger partial charge is 0.356 e. The van der Waals surface area contributed by atoms with Crippen LogP contribution < -0.4 is 0 Å². The molecule has 0 amide bonds. The minimum Gasteiger partial charge on any atom is -0.464 e. The highest BCUT2D eigenvalue weighted by Gasteiger charge is 2.08. The van der Waals surface area contributed by atoms with Gasteiger partial charge in [0, 0.05) is 6.20 Å². The lowest BCUT2D eigenvalue weighted by molar-refractivity contribution is 0.0594. The van der Waals surface area contributed by atoms with Crippen LogP contribution in [0.3, 0.4) is 0 Å². The second-order valence-corrected chi connectivity index (χ2v) is 2.91. The van der Waals surface area contributed by atoms with E-state index in [9.17, 15) is 4.79 Å². The Kier molecular flexibility index (Phi) is 3.25. The molecule has 0 spiro atoms. The van der Waals surface area contributed by atoms with Gasteiger partial charge in [-0.05, 0) is 18.1 Å². The predicted octanol–water partition coefficient (Wildman–Crippen LogP) is 2.08. The van der Waals surface area contributed by atoms with Gasteiger partial charge in [0.25, 0.3) is 0 Å². The maximum absolute atomic E-state index is 11.1. The second kappa shape index (κ2) is 4.23. The van der Waals surface area contributed by atoms with E-state index in [1.54, 1.807) is 6.07 Å². The number of aromatic nitrogens is 1. The van der Waals surface area contributed by atoms with E-state index in [0.29, 0.717) is 10.7 Å². The first-order valence-corrected chi connectivity index (χ1v) is 4.29. The summed E-state index contributed by atoms with van der Waals surface area (Å²) in [7, 11) is 1.32. The molecule has 13 heavy (non-hydrogen) atoms. The van der Waals surface area contributed by atoms with Crippen LogP contribution in [0.2, 0.25) is 5.02 Å². The van der Waals surface area contributed by atoms with Crippen molar-refractivity contribution >= 4 is 17.6 Å². The highest BCUT2D eigenvalue weighted by atomic mass is 35.5. The number of hydrogen-bond acceptors (Lipinski definition) is 3. The Balaban J connectivity index is 3.06. The zero-order chi connectivity index (χ0) is 9.84. The summed E-state index contributed by atoms with van der Waals surface area (Å²) in [5, 5.41) is 0.579. The fourth-order valence-electron chi connectivity index (χ4n) is 0.968. The van der Waals surface area contributed by atoms with E-state index in [-0.39, 0.29) is 0 Å². The molecule has 0 aliphatic rings. The van der Waals surface area contributed by atoms with Crippen molar-refractivity contribution < 1.29 is 9.53 Å². The molecule has 1 rings (SSSR count). The molecule has 1 aromatic rings. The third kappa shape index (κ3) is 2.18. The molecule has 4 heteroatoms. The van der Waals surface area contributed by atoms with Crippen molar-refractivity contribution in [3.05, 3.63) is 28.5 Å². The maximum atomic E-state index is 11.1. The first-order valence-electron chi connectivity index (χ1n) is 3.91. The van der Waals surface area contributed by atoms with Crippen LogP contribution in [0.1, 0.15) is 23.0 Å². The Morgan fingerprint density at radius 3 is 2.92 bits per heavy atom. The number of pyridine rings is 1. The summed E-state index contributed by atoms with van der Waals surface area (Å²) in [5.41, 5.74) is 1.20. The number of hydrogen-bond donors (Lipinski definition) is 0. The molecule has 0 fully saturated rings. The van der Waals surface area contributed by atoms with Gasteiger partial charge >= 0.3 is 5.97 Å². The van der Waals surface area contributed by atoms with Crippen LogP contribution in [0.5, 0.6) is 0 Å². The molecule has 0 atom stereocenters. The van der Waals surface area contributed by atoms with Gasteiger partial charge in [-0.15, -0.1) is 0 Å². The first kappa shape index (κ1) is 9.99. The van der Waals surface area contributed by atoms with Gasteiger partial charge in [-0.2, -0.15) is 0 Å². The summed E-state index contributed by atoms with van der Waals surface area (Å²) >= 11 is 5.83. The summed E-state index contributed by atoms with van der Waals surface area (Å²) in [6, 6.07) is 1.65. The number of aryl methyl sites for hydroxylation is 1. The molecule has 0 saturated carbocycles. The summed E-state index contributed by atoms with van der Waals surface area (Å²) < 4.78 is 4.53. The minimum absolute atomic E-state index is 0.295. The topological polar surface area (TPSA) is 39.2 Å². The normalized spacial score (nSPS) is 9.77. The fraction of sp³-hybridized carbons (Fsp3) is 0.333. The van der Waals surface area contributed by atoms with Gasteiger partial charge in [-0.1, -0.05) is 18.5 Å². The number of methoxy groups -OCH3 is 1. The second-order valence-electron chi connectivity index (χ2n) is 2.51. The van der Waals surface area contributed by atoms with Crippen LogP contribution in [0.15, 0.2) is 12.3 Å². The number of esters is 1. The lowest BCUT2D eigenvalue weighted by Gasteiger charge is -2.02. The number of carbonyl (C=O) groups is 1. The van der Waals surface area contributed by atoms with E-state index in [1.807, 2.05) is 6.92 Å². The Morgan fingerprint density at radius 1 is 1.69 bits per heavy atom. The highest BCUT2D eigenvalue weighted by Crippen LogP contribution is 2.16. The Labute approximate surface area is 81.7 Å². The summed E-state index contributed by atoms with van der Waals surface area (Å²) in [5.74, 6) is -0.439.